The maximum absolute atomic E-state index is 5.98. The number of nitrogens with zero attached hydrogens (tertiary/aromatic N) is 1. The summed E-state index contributed by atoms with van der Waals surface area (Å²) >= 11 is 3.41. The van der Waals surface area contributed by atoms with Crippen molar-refractivity contribution in [3.05, 3.63) is 64.4 Å². The minimum atomic E-state index is -0.190. The molecular weight excluding hydrogens is 304 g/mol. The van der Waals surface area contributed by atoms with Crippen LogP contribution in [0.25, 0.3) is 0 Å². The highest BCUT2D eigenvalue weighted by molar-refractivity contribution is 9.10. The van der Waals surface area contributed by atoms with E-state index in [0.29, 0.717) is 6.61 Å². The first-order valence-electron chi connectivity index (χ1n) is 6.19. The Hall–Kier alpha value is -1.23. The van der Waals surface area contributed by atoms with Gasteiger partial charge in [-0.3, -0.25) is 4.98 Å². The minimum Gasteiger partial charge on any atom is -0.366 e. The van der Waals surface area contributed by atoms with E-state index in [9.17, 15) is 0 Å². The van der Waals surface area contributed by atoms with Crippen molar-refractivity contribution in [2.75, 3.05) is 0 Å². The van der Waals surface area contributed by atoms with Crippen molar-refractivity contribution in [1.82, 2.24) is 4.98 Å². The van der Waals surface area contributed by atoms with Gasteiger partial charge in [0, 0.05) is 16.7 Å². The first kappa shape index (κ1) is 14.2. The lowest BCUT2D eigenvalue weighted by molar-refractivity contribution is 0.0231. The second-order valence-electron chi connectivity index (χ2n) is 4.47. The normalized spacial score (nSPS) is 14.1. The zero-order valence-corrected chi connectivity index (χ0v) is 12.4. The summed E-state index contributed by atoms with van der Waals surface area (Å²) in [6.07, 6.45) is 1.57. The Balaban J connectivity index is 2.04. The van der Waals surface area contributed by atoms with E-state index in [4.69, 9.17) is 10.5 Å². The number of hydrogen-bond donors (Lipinski definition) is 1. The van der Waals surface area contributed by atoms with Crippen molar-refractivity contribution < 1.29 is 4.74 Å². The van der Waals surface area contributed by atoms with E-state index in [0.717, 1.165) is 15.7 Å². The van der Waals surface area contributed by atoms with Gasteiger partial charge in [-0.15, -0.1) is 0 Å². The van der Waals surface area contributed by atoms with Crippen LogP contribution in [0.5, 0.6) is 0 Å². The summed E-state index contributed by atoms with van der Waals surface area (Å²) in [5, 5.41) is 0. The van der Waals surface area contributed by atoms with Crippen LogP contribution in [0.15, 0.2) is 53.1 Å². The molecule has 2 aromatic rings. The van der Waals surface area contributed by atoms with Gasteiger partial charge in [-0.1, -0.05) is 34.1 Å². The zero-order chi connectivity index (χ0) is 13.7. The van der Waals surface area contributed by atoms with Gasteiger partial charge >= 0.3 is 0 Å². The molecule has 4 heteroatoms. The molecule has 1 aromatic carbocycles. The molecule has 0 fully saturated rings. The zero-order valence-electron chi connectivity index (χ0n) is 10.8. The predicted molar refractivity (Wildman–Crippen MR) is 79.6 cm³/mol. The molecule has 0 saturated carbocycles. The number of halogens is 1. The summed E-state index contributed by atoms with van der Waals surface area (Å²) in [5.41, 5.74) is 7.97. The van der Waals surface area contributed by atoms with Crippen molar-refractivity contribution in [3.63, 3.8) is 0 Å². The summed E-state index contributed by atoms with van der Waals surface area (Å²) in [5.74, 6) is 0. The van der Waals surface area contributed by atoms with E-state index in [1.807, 2.05) is 49.4 Å². The standard InChI is InChI=1S/C15H17BrN2O/c1-11(17)15(14-4-2-3-9-18-14)19-10-12-5-7-13(16)8-6-12/h2-9,11,15H,10,17H2,1H3. The molecule has 0 spiro atoms. The van der Waals surface area contributed by atoms with Gasteiger partial charge in [0.2, 0.25) is 0 Å². The Kier molecular flexibility index (Phi) is 5.07. The van der Waals surface area contributed by atoms with E-state index >= 15 is 0 Å². The molecule has 2 unspecified atom stereocenters. The van der Waals surface area contributed by atoms with Gasteiger partial charge in [-0.2, -0.15) is 0 Å². The number of aromatic nitrogens is 1. The Morgan fingerprint density at radius 2 is 1.95 bits per heavy atom. The summed E-state index contributed by atoms with van der Waals surface area (Å²) in [4.78, 5) is 4.31. The van der Waals surface area contributed by atoms with E-state index in [2.05, 4.69) is 20.9 Å². The summed E-state index contributed by atoms with van der Waals surface area (Å²) < 4.78 is 6.97. The van der Waals surface area contributed by atoms with Gasteiger partial charge in [-0.25, -0.2) is 0 Å². The minimum absolute atomic E-state index is 0.106. The van der Waals surface area contributed by atoms with Gasteiger partial charge in [-0.05, 0) is 36.8 Å². The van der Waals surface area contributed by atoms with Gasteiger partial charge in [0.1, 0.15) is 6.10 Å². The van der Waals surface area contributed by atoms with Crippen LogP contribution >= 0.6 is 15.9 Å². The molecule has 3 nitrogen and oxygen atoms in total. The molecule has 19 heavy (non-hydrogen) atoms. The van der Waals surface area contributed by atoms with Gasteiger partial charge in [0.05, 0.1) is 12.3 Å². The molecule has 0 bridgehead atoms. The second kappa shape index (κ2) is 6.80. The molecule has 100 valence electrons. The summed E-state index contributed by atoms with van der Waals surface area (Å²) in [6, 6.07) is 13.7. The molecule has 2 atom stereocenters. The van der Waals surface area contributed by atoms with Crippen LogP contribution in [0.4, 0.5) is 0 Å². The molecular formula is C15H17BrN2O. The monoisotopic (exact) mass is 320 g/mol. The number of nitrogens with two attached hydrogens (primary N) is 1. The second-order valence-corrected chi connectivity index (χ2v) is 5.39. The molecule has 2 N–H and O–H groups in total. The molecule has 2 rings (SSSR count). The van der Waals surface area contributed by atoms with Crippen molar-refractivity contribution in [1.29, 1.82) is 0 Å². The fraction of sp³-hybridized carbons (Fsp3) is 0.267. The fourth-order valence-corrected chi connectivity index (χ4v) is 2.08. The van der Waals surface area contributed by atoms with E-state index < -0.39 is 0 Å². The summed E-state index contributed by atoms with van der Waals surface area (Å²) in [6.45, 7) is 2.46. The van der Waals surface area contributed by atoms with Crippen molar-refractivity contribution in [2.45, 2.75) is 25.7 Å². The quantitative estimate of drug-likeness (QED) is 0.917. The first-order chi connectivity index (χ1) is 9.16. The molecule has 0 amide bonds. The van der Waals surface area contributed by atoms with Crippen LogP contribution in [0.3, 0.4) is 0 Å². The predicted octanol–water partition coefficient (Wildman–Crippen LogP) is 3.45. The molecule has 0 radical (unpaired) electrons. The Bertz CT molecular complexity index is 499. The highest BCUT2D eigenvalue weighted by atomic mass is 79.9. The summed E-state index contributed by atoms with van der Waals surface area (Å²) in [7, 11) is 0. The molecule has 1 heterocycles. The Morgan fingerprint density at radius 1 is 1.21 bits per heavy atom. The third-order valence-electron chi connectivity index (χ3n) is 2.80. The lowest BCUT2D eigenvalue weighted by Crippen LogP contribution is -2.27. The number of pyridine rings is 1. The smallest absolute Gasteiger partial charge is 0.115 e. The number of rotatable bonds is 5. The van der Waals surface area contributed by atoms with E-state index in [1.54, 1.807) is 6.20 Å². The fourth-order valence-electron chi connectivity index (χ4n) is 1.82. The third-order valence-corrected chi connectivity index (χ3v) is 3.33. The third kappa shape index (κ3) is 4.13. The number of benzene rings is 1. The largest absolute Gasteiger partial charge is 0.366 e. The van der Waals surface area contributed by atoms with Crippen LogP contribution < -0.4 is 5.73 Å². The van der Waals surface area contributed by atoms with Crippen LogP contribution in [-0.4, -0.2) is 11.0 Å². The lowest BCUT2D eigenvalue weighted by atomic mass is 10.1. The van der Waals surface area contributed by atoms with Crippen LogP contribution in [0, 0.1) is 0 Å². The average Bonchev–Trinajstić information content (AvgIpc) is 2.42. The van der Waals surface area contributed by atoms with Crippen LogP contribution in [0.1, 0.15) is 24.3 Å². The molecule has 0 aliphatic rings. The molecule has 0 aliphatic heterocycles. The van der Waals surface area contributed by atoms with Crippen molar-refractivity contribution in [2.24, 2.45) is 5.73 Å². The Labute approximate surface area is 121 Å². The average molecular weight is 321 g/mol. The number of ether oxygens (including phenoxy) is 1. The van der Waals surface area contributed by atoms with Crippen LogP contribution in [0.2, 0.25) is 0 Å². The van der Waals surface area contributed by atoms with Crippen molar-refractivity contribution >= 4 is 15.9 Å². The van der Waals surface area contributed by atoms with Gasteiger partial charge < -0.3 is 10.5 Å². The lowest BCUT2D eigenvalue weighted by Gasteiger charge is -2.21. The molecule has 0 aliphatic carbocycles. The molecule has 0 saturated heterocycles. The maximum Gasteiger partial charge on any atom is 0.115 e. The highest BCUT2D eigenvalue weighted by Crippen LogP contribution is 2.20. The van der Waals surface area contributed by atoms with E-state index in [1.165, 1.54) is 0 Å². The topological polar surface area (TPSA) is 48.1 Å². The maximum atomic E-state index is 5.98. The highest BCUT2D eigenvalue weighted by Gasteiger charge is 2.17. The van der Waals surface area contributed by atoms with E-state index in [-0.39, 0.29) is 12.1 Å². The van der Waals surface area contributed by atoms with Crippen molar-refractivity contribution in [3.8, 4) is 0 Å². The number of hydrogen-bond acceptors (Lipinski definition) is 3. The Morgan fingerprint density at radius 3 is 2.53 bits per heavy atom. The van der Waals surface area contributed by atoms with Gasteiger partial charge in [0.25, 0.3) is 0 Å². The van der Waals surface area contributed by atoms with Gasteiger partial charge in [0.15, 0.2) is 0 Å². The molecule has 1 aromatic heterocycles. The first-order valence-corrected chi connectivity index (χ1v) is 6.98. The van der Waals surface area contributed by atoms with Crippen LogP contribution in [-0.2, 0) is 11.3 Å². The SMILES string of the molecule is CC(N)C(OCc1ccc(Br)cc1)c1ccccn1.